The zero-order valence-corrected chi connectivity index (χ0v) is 13.2. The second kappa shape index (κ2) is 8.08. The third kappa shape index (κ3) is 6.12. The van der Waals surface area contributed by atoms with Crippen molar-refractivity contribution in [2.75, 3.05) is 13.2 Å². The molecular weight excluding hydrogens is 251 g/mol. The van der Waals surface area contributed by atoms with Crippen LogP contribution in [0, 0.1) is 5.41 Å². The van der Waals surface area contributed by atoms with E-state index in [1.54, 1.807) is 20.8 Å². The highest BCUT2D eigenvalue weighted by molar-refractivity contribution is 7.72. The van der Waals surface area contributed by atoms with E-state index in [4.69, 9.17) is 9.05 Å². The van der Waals surface area contributed by atoms with Crippen LogP contribution in [0.2, 0.25) is 0 Å². The smallest absolute Gasteiger partial charge is 0.303 e. The van der Waals surface area contributed by atoms with Crippen LogP contribution >= 0.6 is 7.60 Å². The molecule has 18 heavy (non-hydrogen) atoms. The van der Waals surface area contributed by atoms with Crippen LogP contribution < -0.4 is 0 Å². The number of carbonyl (C=O) groups excluding carboxylic acids is 1. The molecule has 0 aromatic carbocycles. The normalized spacial score (nSPS) is 12.7. The molecule has 108 valence electrons. The van der Waals surface area contributed by atoms with Crippen LogP contribution in [0.15, 0.2) is 0 Å². The van der Waals surface area contributed by atoms with Crippen molar-refractivity contribution in [2.45, 2.75) is 60.3 Å². The molecule has 0 saturated carbocycles. The third-order valence-electron chi connectivity index (χ3n) is 2.41. The summed E-state index contributed by atoms with van der Waals surface area (Å²) in [4.78, 5) is 12.2. The van der Waals surface area contributed by atoms with Gasteiger partial charge in [0.1, 0.15) is 0 Å². The fourth-order valence-electron chi connectivity index (χ4n) is 1.22. The predicted molar refractivity (Wildman–Crippen MR) is 73.8 cm³/mol. The van der Waals surface area contributed by atoms with Gasteiger partial charge >= 0.3 is 7.60 Å². The summed E-state index contributed by atoms with van der Waals surface area (Å²) in [5.41, 5.74) is -1.14. The van der Waals surface area contributed by atoms with Crippen molar-refractivity contribution < 1.29 is 18.4 Å². The highest BCUT2D eigenvalue weighted by Gasteiger charge is 2.42. The summed E-state index contributed by atoms with van der Waals surface area (Å²) in [6.07, 6.45) is 3.41. The maximum atomic E-state index is 12.5. The minimum atomic E-state index is -3.63. The Balaban J connectivity index is 4.69. The summed E-state index contributed by atoms with van der Waals surface area (Å²) in [6.45, 7) is 9.83. The lowest BCUT2D eigenvalue weighted by Crippen LogP contribution is -2.22. The van der Waals surface area contributed by atoms with Gasteiger partial charge in [0, 0.05) is 5.41 Å². The summed E-state index contributed by atoms with van der Waals surface area (Å²) < 4.78 is 23.1. The third-order valence-corrected chi connectivity index (χ3v) is 4.62. The highest BCUT2D eigenvalue weighted by atomic mass is 31.2. The van der Waals surface area contributed by atoms with Gasteiger partial charge in [-0.05, 0) is 12.8 Å². The molecule has 0 bridgehead atoms. The molecule has 0 aliphatic carbocycles. The van der Waals surface area contributed by atoms with Crippen molar-refractivity contribution >= 4 is 13.1 Å². The highest BCUT2D eigenvalue weighted by Crippen LogP contribution is 2.54. The molecule has 0 aromatic rings. The first-order valence-corrected chi connectivity index (χ1v) is 8.26. The standard InChI is InChI=1S/C13H27O4P/c1-6-8-10-16-18(15,17-11-9-7-2)12(14)13(3,4)5/h6-11H2,1-5H3. The lowest BCUT2D eigenvalue weighted by atomic mass is 10.00. The van der Waals surface area contributed by atoms with E-state index in [0.29, 0.717) is 13.2 Å². The van der Waals surface area contributed by atoms with Gasteiger partial charge in [0.2, 0.25) is 5.52 Å². The molecule has 0 heterocycles. The van der Waals surface area contributed by atoms with Crippen LogP contribution in [0.25, 0.3) is 0 Å². The van der Waals surface area contributed by atoms with Gasteiger partial charge in [-0.15, -0.1) is 0 Å². The van der Waals surface area contributed by atoms with E-state index in [-0.39, 0.29) is 0 Å². The molecule has 0 aromatic heterocycles. The fourth-order valence-corrected chi connectivity index (χ4v) is 3.09. The second-order valence-electron chi connectivity index (χ2n) is 5.43. The van der Waals surface area contributed by atoms with E-state index in [0.717, 1.165) is 25.7 Å². The number of rotatable bonds is 9. The van der Waals surface area contributed by atoms with Gasteiger partial charge in [-0.25, -0.2) is 0 Å². The van der Waals surface area contributed by atoms with E-state index in [9.17, 15) is 9.36 Å². The molecule has 0 spiro atoms. The summed E-state index contributed by atoms with van der Waals surface area (Å²) in [6, 6.07) is 0. The Morgan fingerprint density at radius 2 is 1.39 bits per heavy atom. The first-order valence-electron chi connectivity index (χ1n) is 6.72. The maximum absolute atomic E-state index is 12.5. The van der Waals surface area contributed by atoms with E-state index in [1.807, 2.05) is 13.8 Å². The SMILES string of the molecule is CCCCOP(=O)(OCCCC)C(=O)C(C)(C)C. The Kier molecular flexibility index (Phi) is 8.00. The summed E-state index contributed by atoms with van der Waals surface area (Å²) in [7, 11) is -3.63. The van der Waals surface area contributed by atoms with Gasteiger partial charge < -0.3 is 9.05 Å². The van der Waals surface area contributed by atoms with Crippen LogP contribution in [0.1, 0.15) is 60.3 Å². The van der Waals surface area contributed by atoms with Crippen LogP contribution in [0.5, 0.6) is 0 Å². The van der Waals surface area contributed by atoms with Gasteiger partial charge in [0.05, 0.1) is 13.2 Å². The van der Waals surface area contributed by atoms with Gasteiger partial charge in [0.25, 0.3) is 0 Å². The van der Waals surface area contributed by atoms with Crippen LogP contribution in [-0.4, -0.2) is 18.7 Å². The van der Waals surface area contributed by atoms with Crippen molar-refractivity contribution in [3.8, 4) is 0 Å². The first-order chi connectivity index (χ1) is 8.28. The molecule has 0 aliphatic rings. The van der Waals surface area contributed by atoms with E-state index in [1.165, 1.54) is 0 Å². The van der Waals surface area contributed by atoms with Gasteiger partial charge in [-0.3, -0.25) is 9.36 Å². The largest absolute Gasteiger partial charge is 0.397 e. The monoisotopic (exact) mass is 278 g/mol. The molecule has 0 aliphatic heterocycles. The van der Waals surface area contributed by atoms with Crippen molar-refractivity contribution in [2.24, 2.45) is 5.41 Å². The minimum absolute atomic E-state index is 0.307. The molecule has 0 saturated heterocycles. The molecule has 0 rings (SSSR count). The number of hydrogen-bond donors (Lipinski definition) is 0. The number of unbranched alkanes of at least 4 members (excludes halogenated alkanes) is 2. The maximum Gasteiger partial charge on any atom is 0.397 e. The molecule has 0 unspecified atom stereocenters. The summed E-state index contributed by atoms with van der Waals surface area (Å²) in [5.74, 6) is 0. The molecule has 0 fully saturated rings. The van der Waals surface area contributed by atoms with Crippen molar-refractivity contribution in [1.29, 1.82) is 0 Å². The fraction of sp³-hybridized carbons (Fsp3) is 0.923. The molecular formula is C13H27O4P. The quantitative estimate of drug-likeness (QED) is 0.464. The van der Waals surface area contributed by atoms with Crippen molar-refractivity contribution in [3.63, 3.8) is 0 Å². The second-order valence-corrected chi connectivity index (χ2v) is 7.34. The van der Waals surface area contributed by atoms with E-state index in [2.05, 4.69) is 0 Å². The van der Waals surface area contributed by atoms with Crippen molar-refractivity contribution in [3.05, 3.63) is 0 Å². The molecule has 4 nitrogen and oxygen atoms in total. The van der Waals surface area contributed by atoms with Crippen LogP contribution in [0.3, 0.4) is 0 Å². The molecule has 5 heteroatoms. The lowest BCUT2D eigenvalue weighted by molar-refractivity contribution is -0.120. The first kappa shape index (κ1) is 17.8. The number of carbonyl (C=O) groups is 1. The van der Waals surface area contributed by atoms with Gasteiger partial charge in [-0.1, -0.05) is 47.5 Å². The average molecular weight is 278 g/mol. The van der Waals surface area contributed by atoms with Crippen LogP contribution in [-0.2, 0) is 18.4 Å². The number of hydrogen-bond acceptors (Lipinski definition) is 4. The summed E-state index contributed by atoms with van der Waals surface area (Å²) >= 11 is 0. The Morgan fingerprint density at radius 1 is 1.00 bits per heavy atom. The zero-order valence-electron chi connectivity index (χ0n) is 12.3. The van der Waals surface area contributed by atoms with E-state index >= 15 is 0 Å². The zero-order chi connectivity index (χ0) is 14.2. The molecule has 0 radical (unpaired) electrons. The van der Waals surface area contributed by atoms with Gasteiger partial charge in [-0.2, -0.15) is 0 Å². The lowest BCUT2D eigenvalue weighted by Gasteiger charge is -2.24. The Bertz CT molecular complexity index is 280. The topological polar surface area (TPSA) is 52.6 Å². The Labute approximate surface area is 111 Å². The molecule has 0 amide bonds. The summed E-state index contributed by atoms with van der Waals surface area (Å²) in [5, 5.41) is 0. The molecule has 0 atom stereocenters. The van der Waals surface area contributed by atoms with Gasteiger partial charge in [0.15, 0.2) is 0 Å². The van der Waals surface area contributed by atoms with Crippen molar-refractivity contribution in [1.82, 2.24) is 0 Å². The average Bonchev–Trinajstić information content (AvgIpc) is 2.27. The Morgan fingerprint density at radius 3 is 1.67 bits per heavy atom. The minimum Gasteiger partial charge on any atom is -0.303 e. The van der Waals surface area contributed by atoms with E-state index < -0.39 is 18.5 Å². The van der Waals surface area contributed by atoms with Crippen LogP contribution in [0.4, 0.5) is 0 Å². The Hall–Kier alpha value is -0.180. The molecule has 0 N–H and O–H groups in total. The predicted octanol–water partition coefficient (Wildman–Crippen LogP) is 4.39.